The van der Waals surface area contributed by atoms with Crippen molar-refractivity contribution in [2.24, 2.45) is 0 Å². The molecule has 0 radical (unpaired) electrons. The van der Waals surface area contributed by atoms with Gasteiger partial charge in [-0.05, 0) is 24.3 Å². The van der Waals surface area contributed by atoms with Crippen molar-refractivity contribution in [2.75, 3.05) is 0 Å². The Morgan fingerprint density at radius 2 is 1.19 bits per heavy atom. The summed E-state index contributed by atoms with van der Waals surface area (Å²) in [7, 11) is 0. The van der Waals surface area contributed by atoms with E-state index in [1.54, 1.807) is 36.4 Å². The summed E-state index contributed by atoms with van der Waals surface area (Å²) >= 11 is 12.0. The van der Waals surface area contributed by atoms with E-state index in [2.05, 4.69) is 0 Å². The van der Waals surface area contributed by atoms with E-state index >= 15 is 0 Å². The third-order valence-electron chi connectivity index (χ3n) is 2.29. The smallest absolute Gasteiger partial charge is 0.188 e. The summed E-state index contributed by atoms with van der Waals surface area (Å²) in [6, 6.07) is 10.7. The first-order chi connectivity index (χ1) is 7.75. The van der Waals surface area contributed by atoms with Gasteiger partial charge in [0.2, 0.25) is 0 Å². The molecule has 16 heavy (non-hydrogen) atoms. The van der Waals surface area contributed by atoms with E-state index in [0.29, 0.717) is 33.0 Å². The Bertz CT molecular complexity index is 517. The van der Waals surface area contributed by atoms with Gasteiger partial charge in [0.05, 0.1) is 10.0 Å². The Labute approximate surface area is 102 Å². The van der Waals surface area contributed by atoms with Crippen LogP contribution in [0.1, 0.15) is 0 Å². The first-order valence-electron chi connectivity index (χ1n) is 4.68. The molecule has 2 nitrogen and oxygen atoms in total. The number of hydrogen-bond donors (Lipinski definition) is 0. The Morgan fingerprint density at radius 3 is 1.69 bits per heavy atom. The zero-order chi connectivity index (χ0) is 11.1. The van der Waals surface area contributed by atoms with Crippen molar-refractivity contribution in [3.63, 3.8) is 0 Å². The molecule has 1 aliphatic rings. The molecular formula is C12H6Cl2O2. The topological polar surface area (TPSA) is 18.5 Å². The van der Waals surface area contributed by atoms with Crippen molar-refractivity contribution < 1.29 is 9.47 Å². The summed E-state index contributed by atoms with van der Waals surface area (Å²) in [4.78, 5) is 0. The summed E-state index contributed by atoms with van der Waals surface area (Å²) in [5.41, 5.74) is 0. The Morgan fingerprint density at radius 1 is 0.688 bits per heavy atom. The summed E-state index contributed by atoms with van der Waals surface area (Å²) in [5.74, 6) is 2.21. The van der Waals surface area contributed by atoms with E-state index in [4.69, 9.17) is 32.7 Å². The lowest BCUT2D eigenvalue weighted by molar-refractivity contribution is 0.360. The Hall–Kier alpha value is -1.38. The molecule has 0 saturated heterocycles. The van der Waals surface area contributed by atoms with Crippen LogP contribution in [0.3, 0.4) is 0 Å². The average molecular weight is 253 g/mol. The fraction of sp³-hybridized carbons (Fsp3) is 0. The molecule has 80 valence electrons. The van der Waals surface area contributed by atoms with Crippen molar-refractivity contribution in [1.82, 2.24) is 0 Å². The van der Waals surface area contributed by atoms with E-state index in [0.717, 1.165) is 0 Å². The molecule has 0 unspecified atom stereocenters. The highest BCUT2D eigenvalue weighted by molar-refractivity contribution is 6.33. The molecule has 0 N–H and O–H groups in total. The van der Waals surface area contributed by atoms with E-state index < -0.39 is 0 Å². The molecule has 0 aromatic heterocycles. The van der Waals surface area contributed by atoms with Crippen LogP contribution in [0.25, 0.3) is 0 Å². The Balaban J connectivity index is 2.17. The highest BCUT2D eigenvalue weighted by Crippen LogP contribution is 2.50. The molecule has 2 aromatic rings. The maximum absolute atomic E-state index is 6.01. The SMILES string of the molecule is Clc1cccc2c1Oc1c(Cl)cccc1O2. The van der Waals surface area contributed by atoms with Crippen LogP contribution in [0.2, 0.25) is 10.0 Å². The second kappa shape index (κ2) is 3.58. The van der Waals surface area contributed by atoms with Crippen molar-refractivity contribution in [1.29, 1.82) is 0 Å². The van der Waals surface area contributed by atoms with Crippen LogP contribution in [0.5, 0.6) is 23.0 Å². The van der Waals surface area contributed by atoms with Gasteiger partial charge >= 0.3 is 0 Å². The highest BCUT2D eigenvalue weighted by atomic mass is 35.5. The van der Waals surface area contributed by atoms with Crippen LogP contribution < -0.4 is 9.47 Å². The number of fused-ring (bicyclic) bond motifs is 2. The number of benzene rings is 2. The molecule has 4 heteroatoms. The zero-order valence-electron chi connectivity index (χ0n) is 8.04. The van der Waals surface area contributed by atoms with Gasteiger partial charge < -0.3 is 9.47 Å². The Kier molecular flexibility index (Phi) is 2.20. The number of para-hydroxylation sites is 2. The fourth-order valence-electron chi connectivity index (χ4n) is 1.56. The molecular weight excluding hydrogens is 247 g/mol. The average Bonchev–Trinajstić information content (AvgIpc) is 2.28. The molecule has 1 heterocycles. The van der Waals surface area contributed by atoms with E-state index in [1.807, 2.05) is 0 Å². The summed E-state index contributed by atoms with van der Waals surface area (Å²) < 4.78 is 11.3. The lowest BCUT2D eigenvalue weighted by Gasteiger charge is -2.21. The van der Waals surface area contributed by atoms with Crippen LogP contribution in [0.15, 0.2) is 36.4 Å². The standard InChI is InChI=1S/C12H6Cl2O2/c13-7-3-1-5-9-11(7)16-12-8(14)4-2-6-10(12)15-9/h1-6H. The molecule has 0 amide bonds. The minimum atomic E-state index is 0.503. The molecule has 0 spiro atoms. The maximum atomic E-state index is 6.01. The van der Waals surface area contributed by atoms with E-state index in [9.17, 15) is 0 Å². The normalized spacial score (nSPS) is 12.1. The first-order valence-corrected chi connectivity index (χ1v) is 5.44. The van der Waals surface area contributed by atoms with Gasteiger partial charge in [0, 0.05) is 0 Å². The number of rotatable bonds is 0. The van der Waals surface area contributed by atoms with Crippen LogP contribution in [0.4, 0.5) is 0 Å². The van der Waals surface area contributed by atoms with Gasteiger partial charge in [0.25, 0.3) is 0 Å². The molecule has 1 aliphatic heterocycles. The number of ether oxygens (including phenoxy) is 2. The second-order valence-corrected chi connectivity index (χ2v) is 4.15. The van der Waals surface area contributed by atoms with Crippen molar-refractivity contribution in [3.8, 4) is 23.0 Å². The molecule has 0 fully saturated rings. The van der Waals surface area contributed by atoms with Gasteiger partial charge in [0.15, 0.2) is 23.0 Å². The van der Waals surface area contributed by atoms with E-state index in [1.165, 1.54) is 0 Å². The number of halogens is 2. The van der Waals surface area contributed by atoms with Crippen molar-refractivity contribution >= 4 is 23.2 Å². The van der Waals surface area contributed by atoms with Crippen LogP contribution in [0, 0.1) is 0 Å². The molecule has 2 aromatic carbocycles. The fourth-order valence-corrected chi connectivity index (χ4v) is 1.97. The van der Waals surface area contributed by atoms with Gasteiger partial charge in [-0.15, -0.1) is 0 Å². The van der Waals surface area contributed by atoms with Gasteiger partial charge in [-0.3, -0.25) is 0 Å². The largest absolute Gasteiger partial charge is 0.449 e. The monoisotopic (exact) mass is 252 g/mol. The van der Waals surface area contributed by atoms with E-state index in [-0.39, 0.29) is 0 Å². The van der Waals surface area contributed by atoms with Crippen molar-refractivity contribution in [2.45, 2.75) is 0 Å². The summed E-state index contributed by atoms with van der Waals surface area (Å²) in [6.45, 7) is 0. The number of hydrogen-bond acceptors (Lipinski definition) is 2. The summed E-state index contributed by atoms with van der Waals surface area (Å²) in [6.07, 6.45) is 0. The highest BCUT2D eigenvalue weighted by Gasteiger charge is 2.22. The first kappa shape index (κ1) is 9.82. The lowest BCUT2D eigenvalue weighted by atomic mass is 10.2. The third-order valence-corrected chi connectivity index (χ3v) is 2.88. The molecule has 0 bridgehead atoms. The van der Waals surface area contributed by atoms with Crippen LogP contribution in [-0.2, 0) is 0 Å². The summed E-state index contributed by atoms with van der Waals surface area (Å²) in [5, 5.41) is 1.01. The van der Waals surface area contributed by atoms with Crippen LogP contribution >= 0.6 is 23.2 Å². The van der Waals surface area contributed by atoms with Gasteiger partial charge in [0.1, 0.15) is 0 Å². The molecule has 0 atom stereocenters. The van der Waals surface area contributed by atoms with Crippen molar-refractivity contribution in [3.05, 3.63) is 46.4 Å². The van der Waals surface area contributed by atoms with Crippen LogP contribution in [-0.4, -0.2) is 0 Å². The zero-order valence-corrected chi connectivity index (χ0v) is 9.55. The second-order valence-electron chi connectivity index (χ2n) is 3.34. The predicted octanol–water partition coefficient (Wildman–Crippen LogP) is 4.89. The molecule has 0 saturated carbocycles. The molecule has 0 aliphatic carbocycles. The quantitative estimate of drug-likeness (QED) is 0.567. The molecule has 3 rings (SSSR count). The van der Waals surface area contributed by atoms with Gasteiger partial charge in [-0.2, -0.15) is 0 Å². The minimum Gasteiger partial charge on any atom is -0.449 e. The minimum absolute atomic E-state index is 0.503. The third kappa shape index (κ3) is 1.42. The maximum Gasteiger partial charge on any atom is 0.188 e. The van der Waals surface area contributed by atoms with Gasteiger partial charge in [-0.1, -0.05) is 35.3 Å². The van der Waals surface area contributed by atoms with Gasteiger partial charge in [-0.25, -0.2) is 0 Å². The lowest BCUT2D eigenvalue weighted by Crippen LogP contribution is -1.99. The predicted molar refractivity (Wildman–Crippen MR) is 63.1 cm³/mol.